The summed E-state index contributed by atoms with van der Waals surface area (Å²) < 4.78 is 6.08. The summed E-state index contributed by atoms with van der Waals surface area (Å²) in [4.78, 5) is 0. The van der Waals surface area contributed by atoms with Gasteiger partial charge in [-0.3, -0.25) is 0 Å². The smallest absolute Gasteiger partial charge is 0.105 e. The Kier molecular flexibility index (Phi) is 4.57. The van der Waals surface area contributed by atoms with Crippen molar-refractivity contribution in [2.24, 2.45) is 0 Å². The van der Waals surface area contributed by atoms with Gasteiger partial charge in [0, 0.05) is 5.56 Å². The molecule has 4 heteroatoms. The Morgan fingerprint density at radius 1 is 1.24 bits per heavy atom. The van der Waals surface area contributed by atoms with Crippen molar-refractivity contribution < 1.29 is 9.84 Å². The molecule has 0 spiro atoms. The fourth-order valence-electron chi connectivity index (χ4n) is 1.50. The molecule has 1 atom stereocenters. The Labute approximate surface area is 109 Å². The monoisotopic (exact) mass is 268 g/mol. The molecule has 0 radical (unpaired) electrons. The van der Waals surface area contributed by atoms with Crippen molar-refractivity contribution in [2.45, 2.75) is 12.7 Å². The number of hydrogen-bond donors (Lipinski definition) is 1. The first kappa shape index (κ1) is 12.6. The van der Waals surface area contributed by atoms with Crippen molar-refractivity contribution in [2.75, 3.05) is 6.61 Å². The Morgan fingerprint density at radius 3 is 2.65 bits per heavy atom. The average molecular weight is 269 g/mol. The van der Waals surface area contributed by atoms with Gasteiger partial charge in [-0.25, -0.2) is 0 Å². The third-order valence-corrected chi connectivity index (χ3v) is 3.59. The third-order valence-electron chi connectivity index (χ3n) is 2.39. The molecule has 0 aliphatic carbocycles. The Hall–Kier alpha value is -0.870. The van der Waals surface area contributed by atoms with Gasteiger partial charge in [0.1, 0.15) is 6.10 Å². The normalized spacial score (nSPS) is 12.6. The quantitative estimate of drug-likeness (QED) is 0.897. The van der Waals surface area contributed by atoms with Gasteiger partial charge < -0.3 is 9.84 Å². The van der Waals surface area contributed by atoms with E-state index in [0.717, 1.165) is 11.1 Å². The van der Waals surface area contributed by atoms with Gasteiger partial charge in [-0.1, -0.05) is 41.9 Å². The van der Waals surface area contributed by atoms with E-state index in [0.29, 0.717) is 10.9 Å². The second-order valence-electron chi connectivity index (χ2n) is 3.67. The van der Waals surface area contributed by atoms with Crippen LogP contribution in [0.4, 0.5) is 0 Å². The zero-order valence-corrected chi connectivity index (χ0v) is 10.7. The number of halogens is 1. The van der Waals surface area contributed by atoms with Crippen LogP contribution >= 0.6 is 22.9 Å². The predicted octanol–water partition coefficient (Wildman–Crippen LogP) is 3.65. The molecule has 0 saturated carbocycles. The molecule has 1 aromatic carbocycles. The molecule has 17 heavy (non-hydrogen) atoms. The summed E-state index contributed by atoms with van der Waals surface area (Å²) in [6.07, 6.45) is -0.655. The van der Waals surface area contributed by atoms with E-state index in [-0.39, 0.29) is 6.61 Å². The van der Waals surface area contributed by atoms with Crippen LogP contribution in [0.25, 0.3) is 0 Å². The molecule has 0 saturated heterocycles. The Morgan fingerprint density at radius 2 is 2.00 bits per heavy atom. The Balaban J connectivity index is 1.81. The molecule has 90 valence electrons. The minimum absolute atomic E-state index is 0.255. The molecule has 2 nitrogen and oxygen atoms in total. The van der Waals surface area contributed by atoms with E-state index >= 15 is 0 Å². The molecule has 0 amide bonds. The molecule has 1 N–H and O–H groups in total. The standard InChI is InChI=1S/C13H13ClO2S/c14-13-11(6-7-17-13)12(15)9-16-8-10-4-2-1-3-5-10/h1-7,12,15H,8-9H2. The van der Waals surface area contributed by atoms with E-state index in [9.17, 15) is 5.11 Å². The summed E-state index contributed by atoms with van der Waals surface area (Å²) in [6, 6.07) is 11.7. The summed E-state index contributed by atoms with van der Waals surface area (Å²) in [7, 11) is 0. The summed E-state index contributed by atoms with van der Waals surface area (Å²) in [5, 5.41) is 11.7. The van der Waals surface area contributed by atoms with Gasteiger partial charge in [-0.15, -0.1) is 11.3 Å². The van der Waals surface area contributed by atoms with Crippen molar-refractivity contribution in [3.05, 3.63) is 57.2 Å². The number of benzene rings is 1. The van der Waals surface area contributed by atoms with Crippen LogP contribution in [0.3, 0.4) is 0 Å². The van der Waals surface area contributed by atoms with E-state index < -0.39 is 6.10 Å². The van der Waals surface area contributed by atoms with Gasteiger partial charge in [0.05, 0.1) is 17.6 Å². The average Bonchev–Trinajstić information content (AvgIpc) is 2.77. The Bertz CT molecular complexity index is 455. The van der Waals surface area contributed by atoms with Crippen LogP contribution < -0.4 is 0 Å². The zero-order valence-electron chi connectivity index (χ0n) is 9.17. The molecule has 0 fully saturated rings. The van der Waals surface area contributed by atoms with Gasteiger partial charge in [-0.2, -0.15) is 0 Å². The number of aliphatic hydroxyl groups is 1. The zero-order chi connectivity index (χ0) is 12.1. The van der Waals surface area contributed by atoms with Crippen LogP contribution in [0.15, 0.2) is 41.8 Å². The molecule has 1 aromatic heterocycles. The first-order chi connectivity index (χ1) is 8.27. The van der Waals surface area contributed by atoms with Crippen LogP contribution in [0.5, 0.6) is 0 Å². The highest BCUT2D eigenvalue weighted by Crippen LogP contribution is 2.28. The second-order valence-corrected chi connectivity index (χ2v) is 5.18. The van der Waals surface area contributed by atoms with E-state index in [4.69, 9.17) is 16.3 Å². The fourth-order valence-corrected chi connectivity index (χ4v) is 2.51. The van der Waals surface area contributed by atoms with Crippen LogP contribution in [-0.4, -0.2) is 11.7 Å². The lowest BCUT2D eigenvalue weighted by atomic mass is 10.2. The minimum Gasteiger partial charge on any atom is -0.386 e. The van der Waals surface area contributed by atoms with Crippen LogP contribution in [0, 0.1) is 0 Å². The van der Waals surface area contributed by atoms with Gasteiger partial charge in [0.2, 0.25) is 0 Å². The van der Waals surface area contributed by atoms with Crippen LogP contribution in [-0.2, 0) is 11.3 Å². The largest absolute Gasteiger partial charge is 0.386 e. The van der Waals surface area contributed by atoms with Gasteiger partial charge >= 0.3 is 0 Å². The van der Waals surface area contributed by atoms with E-state index in [1.807, 2.05) is 41.8 Å². The molecule has 0 aliphatic heterocycles. The fraction of sp³-hybridized carbons (Fsp3) is 0.231. The molecule has 2 rings (SSSR count). The predicted molar refractivity (Wildman–Crippen MR) is 70.4 cm³/mol. The molecule has 2 aromatic rings. The summed E-state index contributed by atoms with van der Waals surface area (Å²) in [5.74, 6) is 0. The summed E-state index contributed by atoms with van der Waals surface area (Å²) >= 11 is 7.35. The molecular formula is C13H13ClO2S. The number of hydrogen-bond acceptors (Lipinski definition) is 3. The first-order valence-electron chi connectivity index (χ1n) is 5.30. The first-order valence-corrected chi connectivity index (χ1v) is 6.56. The lowest BCUT2D eigenvalue weighted by Crippen LogP contribution is -2.06. The maximum Gasteiger partial charge on any atom is 0.105 e. The molecular weight excluding hydrogens is 256 g/mol. The van der Waals surface area contributed by atoms with Crippen molar-refractivity contribution >= 4 is 22.9 Å². The van der Waals surface area contributed by atoms with Crippen molar-refractivity contribution in [1.82, 2.24) is 0 Å². The highest BCUT2D eigenvalue weighted by molar-refractivity contribution is 7.14. The van der Waals surface area contributed by atoms with Gasteiger partial charge in [0.15, 0.2) is 0 Å². The van der Waals surface area contributed by atoms with Crippen LogP contribution in [0.2, 0.25) is 4.34 Å². The van der Waals surface area contributed by atoms with E-state index in [1.165, 1.54) is 11.3 Å². The maximum absolute atomic E-state index is 9.87. The number of thiophene rings is 1. The number of rotatable bonds is 5. The van der Waals surface area contributed by atoms with Crippen molar-refractivity contribution in [3.63, 3.8) is 0 Å². The molecule has 0 bridgehead atoms. The SMILES string of the molecule is OC(COCc1ccccc1)c1ccsc1Cl. The molecule has 0 aliphatic rings. The maximum atomic E-state index is 9.87. The number of ether oxygens (including phenoxy) is 1. The highest BCUT2D eigenvalue weighted by atomic mass is 35.5. The third kappa shape index (κ3) is 3.54. The van der Waals surface area contributed by atoms with Crippen molar-refractivity contribution in [1.29, 1.82) is 0 Å². The topological polar surface area (TPSA) is 29.5 Å². The number of aliphatic hydroxyl groups excluding tert-OH is 1. The molecule has 1 heterocycles. The second kappa shape index (κ2) is 6.17. The van der Waals surface area contributed by atoms with Gasteiger partial charge in [-0.05, 0) is 17.0 Å². The van der Waals surface area contributed by atoms with Crippen molar-refractivity contribution in [3.8, 4) is 0 Å². The lowest BCUT2D eigenvalue weighted by molar-refractivity contribution is 0.0279. The van der Waals surface area contributed by atoms with Gasteiger partial charge in [0.25, 0.3) is 0 Å². The van der Waals surface area contributed by atoms with Crippen LogP contribution in [0.1, 0.15) is 17.2 Å². The lowest BCUT2D eigenvalue weighted by Gasteiger charge is -2.10. The molecule has 1 unspecified atom stereocenters. The highest BCUT2D eigenvalue weighted by Gasteiger charge is 2.12. The summed E-state index contributed by atoms with van der Waals surface area (Å²) in [5.41, 5.74) is 1.83. The van der Waals surface area contributed by atoms with E-state index in [2.05, 4.69) is 0 Å². The van der Waals surface area contributed by atoms with E-state index in [1.54, 1.807) is 0 Å². The minimum atomic E-state index is -0.655. The summed E-state index contributed by atoms with van der Waals surface area (Å²) in [6.45, 7) is 0.755.